The Hall–Kier alpha value is -1.86. The molecule has 2 aromatic rings. The van der Waals surface area contributed by atoms with Gasteiger partial charge in [-0.05, 0) is 19.8 Å². The van der Waals surface area contributed by atoms with Crippen LogP contribution in [0, 0.1) is 5.92 Å². The van der Waals surface area contributed by atoms with E-state index in [9.17, 15) is 9.59 Å². The molecule has 1 aliphatic carbocycles. The molecule has 0 radical (unpaired) electrons. The van der Waals surface area contributed by atoms with Gasteiger partial charge in [0.15, 0.2) is 4.34 Å². The molecule has 7 heteroatoms. The Bertz CT molecular complexity index is 727. The number of nitrogens with zero attached hydrogens (tertiary/aromatic N) is 1. The fraction of sp³-hybridized carbons (Fsp3) is 0.353. The van der Waals surface area contributed by atoms with E-state index in [-0.39, 0.29) is 17.7 Å². The number of carbonyl (C=O) groups excluding carboxylic acids is 2. The lowest BCUT2D eigenvalue weighted by Gasteiger charge is -2.04. The topological polar surface area (TPSA) is 71.1 Å². The van der Waals surface area contributed by atoms with Gasteiger partial charge >= 0.3 is 0 Å². The van der Waals surface area contributed by atoms with Crippen molar-refractivity contribution < 1.29 is 9.59 Å². The Labute approximate surface area is 149 Å². The second kappa shape index (κ2) is 7.81. The van der Waals surface area contributed by atoms with Crippen molar-refractivity contribution in [3.8, 4) is 11.3 Å². The standard InChI is InChI=1S/C17H19N3O2S2/c1-2-18-13(21)10-23-17-19-14(11-6-4-3-5-7-11)16(24-17)20-15(22)12-8-9-12/h3-7,12H,2,8-10H2,1H3,(H,18,21)(H,20,22). The zero-order valence-electron chi connectivity index (χ0n) is 13.4. The molecule has 1 heterocycles. The van der Waals surface area contributed by atoms with Gasteiger partial charge in [-0.15, -0.1) is 0 Å². The van der Waals surface area contributed by atoms with E-state index in [4.69, 9.17) is 0 Å². The van der Waals surface area contributed by atoms with Crippen LogP contribution >= 0.6 is 23.1 Å². The van der Waals surface area contributed by atoms with Gasteiger partial charge in [0.1, 0.15) is 10.7 Å². The van der Waals surface area contributed by atoms with E-state index >= 15 is 0 Å². The molecule has 0 aliphatic heterocycles. The second-order valence-corrected chi connectivity index (χ2v) is 7.75. The first-order chi connectivity index (χ1) is 11.7. The van der Waals surface area contributed by atoms with Crippen molar-refractivity contribution in [3.63, 3.8) is 0 Å². The molecule has 3 rings (SSSR count). The number of nitrogens with one attached hydrogen (secondary N) is 2. The van der Waals surface area contributed by atoms with Gasteiger partial charge in [0.2, 0.25) is 11.8 Å². The maximum atomic E-state index is 12.1. The summed E-state index contributed by atoms with van der Waals surface area (Å²) < 4.78 is 0.784. The van der Waals surface area contributed by atoms with Crippen molar-refractivity contribution in [3.05, 3.63) is 30.3 Å². The van der Waals surface area contributed by atoms with Gasteiger partial charge < -0.3 is 10.6 Å². The molecule has 0 bridgehead atoms. The number of hydrogen-bond acceptors (Lipinski definition) is 5. The molecule has 5 nitrogen and oxygen atoms in total. The van der Waals surface area contributed by atoms with Gasteiger partial charge in [-0.25, -0.2) is 4.98 Å². The first kappa shape index (κ1) is 17.0. The number of rotatable bonds is 7. The minimum absolute atomic E-state index is 0.0115. The summed E-state index contributed by atoms with van der Waals surface area (Å²) in [7, 11) is 0. The molecule has 0 unspecified atom stereocenters. The third-order valence-corrected chi connectivity index (χ3v) is 5.65. The van der Waals surface area contributed by atoms with E-state index in [0.29, 0.717) is 12.3 Å². The highest BCUT2D eigenvalue weighted by Gasteiger charge is 2.30. The van der Waals surface area contributed by atoms with Gasteiger partial charge in [-0.3, -0.25) is 9.59 Å². The molecule has 1 saturated carbocycles. The van der Waals surface area contributed by atoms with Gasteiger partial charge in [0.25, 0.3) is 0 Å². The Morgan fingerprint density at radius 2 is 2.04 bits per heavy atom. The minimum atomic E-state index is -0.0115. The molecule has 1 aliphatic rings. The number of hydrogen-bond donors (Lipinski definition) is 2. The van der Waals surface area contributed by atoms with Crippen molar-refractivity contribution in [2.45, 2.75) is 24.1 Å². The first-order valence-electron chi connectivity index (χ1n) is 7.94. The maximum absolute atomic E-state index is 12.1. The average Bonchev–Trinajstić information content (AvgIpc) is 3.36. The van der Waals surface area contributed by atoms with Crippen molar-refractivity contribution in [1.82, 2.24) is 10.3 Å². The van der Waals surface area contributed by atoms with Crippen molar-refractivity contribution in [2.75, 3.05) is 17.6 Å². The average molecular weight is 361 g/mol. The summed E-state index contributed by atoms with van der Waals surface area (Å²) in [6.07, 6.45) is 1.92. The smallest absolute Gasteiger partial charge is 0.230 e. The van der Waals surface area contributed by atoms with Crippen LogP contribution in [0.1, 0.15) is 19.8 Å². The molecule has 0 atom stereocenters. The third-order valence-electron chi connectivity index (χ3n) is 3.54. The lowest BCUT2D eigenvalue weighted by Crippen LogP contribution is -2.24. The lowest BCUT2D eigenvalue weighted by molar-refractivity contribution is -0.118. The Morgan fingerprint density at radius 1 is 1.29 bits per heavy atom. The van der Waals surface area contributed by atoms with Crippen LogP contribution in [-0.2, 0) is 9.59 Å². The van der Waals surface area contributed by atoms with E-state index < -0.39 is 0 Å². The number of carbonyl (C=O) groups is 2. The van der Waals surface area contributed by atoms with E-state index in [0.717, 1.165) is 33.4 Å². The monoisotopic (exact) mass is 361 g/mol. The fourth-order valence-corrected chi connectivity index (χ4v) is 4.07. The zero-order valence-corrected chi connectivity index (χ0v) is 15.0. The largest absolute Gasteiger partial charge is 0.356 e. The number of aromatic nitrogens is 1. The SMILES string of the molecule is CCNC(=O)CSc1nc(-c2ccccc2)c(NC(=O)C2CC2)s1. The molecule has 126 valence electrons. The predicted molar refractivity (Wildman–Crippen MR) is 98.3 cm³/mol. The van der Waals surface area contributed by atoms with Crippen LogP contribution in [0.3, 0.4) is 0 Å². The molecule has 1 aromatic carbocycles. The summed E-state index contributed by atoms with van der Waals surface area (Å²) in [5.74, 6) is 0.520. The van der Waals surface area contributed by atoms with Crippen LogP contribution in [0.5, 0.6) is 0 Å². The number of benzene rings is 1. The van der Waals surface area contributed by atoms with Gasteiger partial charge in [0, 0.05) is 18.0 Å². The number of thiazole rings is 1. The number of anilines is 1. The molecule has 0 spiro atoms. The zero-order chi connectivity index (χ0) is 16.9. The van der Waals surface area contributed by atoms with Crippen LogP contribution in [0.2, 0.25) is 0 Å². The third kappa shape index (κ3) is 4.36. The summed E-state index contributed by atoms with van der Waals surface area (Å²) >= 11 is 2.82. The van der Waals surface area contributed by atoms with Crippen LogP contribution in [0.25, 0.3) is 11.3 Å². The van der Waals surface area contributed by atoms with Crippen LogP contribution in [0.4, 0.5) is 5.00 Å². The maximum Gasteiger partial charge on any atom is 0.230 e. The normalized spacial score (nSPS) is 13.5. The van der Waals surface area contributed by atoms with E-state index in [1.165, 1.54) is 23.1 Å². The molecular formula is C17H19N3O2S2. The molecule has 1 fully saturated rings. The molecule has 0 saturated heterocycles. The summed E-state index contributed by atoms with van der Waals surface area (Å²) in [6, 6.07) is 9.79. The second-order valence-electron chi connectivity index (χ2n) is 5.53. The Kier molecular flexibility index (Phi) is 5.52. The number of amides is 2. The molecule has 2 amide bonds. The fourth-order valence-electron chi connectivity index (χ4n) is 2.17. The van der Waals surface area contributed by atoms with Crippen molar-refractivity contribution >= 4 is 39.9 Å². The summed E-state index contributed by atoms with van der Waals surface area (Å²) in [5, 5.41) is 6.54. The highest BCUT2D eigenvalue weighted by molar-refractivity contribution is 8.01. The Balaban J connectivity index is 1.79. The van der Waals surface area contributed by atoms with E-state index in [2.05, 4.69) is 15.6 Å². The quantitative estimate of drug-likeness (QED) is 0.742. The van der Waals surface area contributed by atoms with Gasteiger partial charge in [-0.1, -0.05) is 53.4 Å². The highest BCUT2D eigenvalue weighted by Crippen LogP contribution is 2.39. The highest BCUT2D eigenvalue weighted by atomic mass is 32.2. The Morgan fingerprint density at radius 3 is 2.71 bits per heavy atom. The summed E-state index contributed by atoms with van der Waals surface area (Å²) in [6.45, 7) is 2.51. The van der Waals surface area contributed by atoms with Crippen molar-refractivity contribution in [1.29, 1.82) is 0 Å². The molecular weight excluding hydrogens is 342 g/mol. The van der Waals surface area contributed by atoms with Crippen LogP contribution in [-0.4, -0.2) is 29.1 Å². The molecule has 1 aromatic heterocycles. The predicted octanol–water partition coefficient (Wildman–Crippen LogP) is 3.39. The van der Waals surface area contributed by atoms with E-state index in [1.807, 2.05) is 37.3 Å². The number of thioether (sulfide) groups is 1. The van der Waals surface area contributed by atoms with Crippen LogP contribution < -0.4 is 10.6 Å². The molecule has 2 N–H and O–H groups in total. The van der Waals surface area contributed by atoms with Gasteiger partial charge in [-0.2, -0.15) is 0 Å². The van der Waals surface area contributed by atoms with Gasteiger partial charge in [0.05, 0.1) is 5.75 Å². The van der Waals surface area contributed by atoms with E-state index in [1.54, 1.807) is 0 Å². The van der Waals surface area contributed by atoms with Crippen LogP contribution in [0.15, 0.2) is 34.7 Å². The summed E-state index contributed by atoms with van der Waals surface area (Å²) in [5.41, 5.74) is 1.73. The summed E-state index contributed by atoms with van der Waals surface area (Å²) in [4.78, 5) is 28.4. The lowest BCUT2D eigenvalue weighted by atomic mass is 10.2. The first-order valence-corrected chi connectivity index (χ1v) is 9.74. The van der Waals surface area contributed by atoms with Crippen molar-refractivity contribution in [2.24, 2.45) is 5.92 Å². The molecule has 24 heavy (non-hydrogen) atoms. The minimum Gasteiger partial charge on any atom is -0.356 e.